The van der Waals surface area contributed by atoms with Gasteiger partial charge in [0.2, 0.25) is 5.91 Å². The Morgan fingerprint density at radius 3 is 0.940 bits per heavy atom. The minimum atomic E-state index is -0.663. The maximum absolute atomic E-state index is 12.5. The number of carbonyl (C=O) groups excluding carboxylic acids is 2. The zero-order valence-corrected chi connectivity index (χ0v) is 56.9. The summed E-state index contributed by atoms with van der Waals surface area (Å²) in [6, 6.07) is -0.540. The topological polar surface area (TPSA) is 95.9 Å². The quantitative estimate of drug-likeness (QED) is 0.0320. The predicted molar refractivity (Wildman–Crippen MR) is 370 cm³/mol. The number of ether oxygens (including phenoxy) is 1. The Morgan fingerprint density at radius 2 is 0.595 bits per heavy atom. The van der Waals surface area contributed by atoms with Crippen molar-refractivity contribution in [2.45, 2.75) is 437 Å². The van der Waals surface area contributed by atoms with E-state index in [1.54, 1.807) is 0 Å². The van der Waals surface area contributed by atoms with E-state index in [0.29, 0.717) is 25.9 Å². The van der Waals surface area contributed by atoms with Gasteiger partial charge in [0.25, 0.3) is 0 Å². The smallest absolute Gasteiger partial charge is 0.305 e. The molecule has 0 bridgehead atoms. The van der Waals surface area contributed by atoms with E-state index in [2.05, 4.69) is 55.6 Å². The van der Waals surface area contributed by atoms with Gasteiger partial charge in [0.1, 0.15) is 0 Å². The predicted octanol–water partition coefficient (Wildman–Crippen LogP) is 25.0. The van der Waals surface area contributed by atoms with Crippen molar-refractivity contribution in [2.24, 2.45) is 0 Å². The fourth-order valence-corrected chi connectivity index (χ4v) is 12.1. The van der Waals surface area contributed by atoms with Gasteiger partial charge in [-0.25, -0.2) is 0 Å². The van der Waals surface area contributed by atoms with Gasteiger partial charge < -0.3 is 20.3 Å². The molecule has 0 saturated heterocycles. The van der Waals surface area contributed by atoms with E-state index < -0.39 is 12.1 Å². The van der Waals surface area contributed by atoms with Crippen molar-refractivity contribution in [3.05, 3.63) is 36.5 Å². The van der Waals surface area contributed by atoms with Gasteiger partial charge in [-0.15, -0.1) is 0 Å². The first-order valence-corrected chi connectivity index (χ1v) is 38.2. The molecule has 496 valence electrons. The molecule has 0 fully saturated rings. The number of hydrogen-bond donors (Lipinski definition) is 3. The van der Waals surface area contributed by atoms with E-state index in [0.717, 1.165) is 51.4 Å². The van der Waals surface area contributed by atoms with Crippen LogP contribution in [-0.4, -0.2) is 47.4 Å². The number of nitrogens with one attached hydrogen (secondary N) is 1. The molecule has 6 nitrogen and oxygen atoms in total. The summed E-state index contributed by atoms with van der Waals surface area (Å²) in [5.74, 6) is -0.0224. The maximum atomic E-state index is 12.5. The second kappa shape index (κ2) is 73.5. The van der Waals surface area contributed by atoms with Gasteiger partial charge in [-0.2, -0.15) is 0 Å². The average Bonchev–Trinajstić information content (AvgIpc) is 3.51. The molecule has 0 aliphatic carbocycles. The highest BCUT2D eigenvalue weighted by Gasteiger charge is 2.20. The van der Waals surface area contributed by atoms with Crippen LogP contribution in [0.4, 0.5) is 0 Å². The molecule has 0 aromatic carbocycles. The highest BCUT2D eigenvalue weighted by molar-refractivity contribution is 5.76. The zero-order valence-electron chi connectivity index (χ0n) is 56.9. The molecule has 0 heterocycles. The van der Waals surface area contributed by atoms with Crippen LogP contribution in [0.5, 0.6) is 0 Å². The Balaban J connectivity index is 3.35. The number of hydrogen-bond acceptors (Lipinski definition) is 5. The molecule has 84 heavy (non-hydrogen) atoms. The second-order valence-corrected chi connectivity index (χ2v) is 26.3. The van der Waals surface area contributed by atoms with Crippen LogP contribution in [-0.2, 0) is 14.3 Å². The van der Waals surface area contributed by atoms with Crippen LogP contribution >= 0.6 is 0 Å². The molecular weight excluding hydrogens is 1030 g/mol. The molecule has 0 aliphatic heterocycles. The van der Waals surface area contributed by atoms with Gasteiger partial charge in [-0.1, -0.05) is 365 Å². The lowest BCUT2D eigenvalue weighted by molar-refractivity contribution is -0.143. The third-order valence-corrected chi connectivity index (χ3v) is 17.9. The molecule has 0 aromatic rings. The highest BCUT2D eigenvalue weighted by atomic mass is 16.5. The molecule has 0 rings (SSSR count). The Kier molecular flexibility index (Phi) is 71.9. The first kappa shape index (κ1) is 82.1. The Labute approximate surface area is 525 Å². The lowest BCUT2D eigenvalue weighted by atomic mass is 10.0. The summed E-state index contributed by atoms with van der Waals surface area (Å²) in [7, 11) is 0. The molecule has 0 saturated carbocycles. The van der Waals surface area contributed by atoms with Crippen molar-refractivity contribution in [1.29, 1.82) is 0 Å². The van der Waals surface area contributed by atoms with Crippen molar-refractivity contribution in [1.82, 2.24) is 5.32 Å². The van der Waals surface area contributed by atoms with Crippen molar-refractivity contribution in [3.8, 4) is 0 Å². The van der Waals surface area contributed by atoms with E-state index in [1.807, 2.05) is 0 Å². The summed E-state index contributed by atoms with van der Waals surface area (Å²) in [6.07, 6.45) is 95.1. The van der Waals surface area contributed by atoms with E-state index in [-0.39, 0.29) is 18.5 Å². The number of rotatable bonds is 72. The van der Waals surface area contributed by atoms with Crippen LogP contribution in [0.1, 0.15) is 425 Å². The van der Waals surface area contributed by atoms with Gasteiger partial charge in [-0.05, 0) is 83.5 Å². The third-order valence-electron chi connectivity index (χ3n) is 17.9. The largest absolute Gasteiger partial charge is 0.466 e. The van der Waals surface area contributed by atoms with Crippen LogP contribution in [0.3, 0.4) is 0 Å². The summed E-state index contributed by atoms with van der Waals surface area (Å²) in [5.41, 5.74) is 0. The molecule has 0 aromatic heterocycles. The number of aliphatic hydroxyl groups excluding tert-OH is 2. The molecule has 3 N–H and O–H groups in total. The molecule has 0 aliphatic rings. The lowest BCUT2D eigenvalue weighted by Crippen LogP contribution is -2.45. The van der Waals surface area contributed by atoms with Crippen LogP contribution < -0.4 is 5.32 Å². The fraction of sp³-hybridized carbons (Fsp3) is 0.897. The number of esters is 1. The summed E-state index contributed by atoms with van der Waals surface area (Å²) < 4.78 is 5.49. The SMILES string of the molecule is CCCCC/C=C\C/C=C\CCCCCCCC(=O)OCCCCCCCCCCCCCC/C=C\CCCCCCCCCCCCCCCCCCCC(=O)NC(CO)C(O)CCCCCCCCCCCCCCCCCCCCC. The summed E-state index contributed by atoms with van der Waals surface area (Å²) in [6.45, 7) is 4.96. The van der Waals surface area contributed by atoms with E-state index >= 15 is 0 Å². The second-order valence-electron chi connectivity index (χ2n) is 26.3. The number of aliphatic hydroxyl groups is 2. The van der Waals surface area contributed by atoms with E-state index in [4.69, 9.17) is 4.74 Å². The van der Waals surface area contributed by atoms with Gasteiger partial charge in [-0.3, -0.25) is 9.59 Å². The number of allylic oxidation sites excluding steroid dienone is 6. The van der Waals surface area contributed by atoms with Crippen molar-refractivity contribution >= 4 is 11.9 Å². The standard InChI is InChI=1S/C78H149NO5/c1-3-5-7-9-11-13-15-17-19-20-36-39-43-46-50-54-58-62-66-70-76(81)75(74-80)79-77(82)71-67-63-59-55-51-47-44-40-37-34-32-30-28-26-24-22-21-23-25-27-29-31-33-35-38-41-45-49-53-57-61-65-69-73-84-78(83)72-68-64-60-56-52-48-42-18-16-14-12-10-8-6-4-2/h12,14,18,25,27,42,75-76,80-81H,3-11,13,15-17,19-24,26,28-41,43-74H2,1-2H3,(H,79,82)/b14-12-,27-25-,42-18-. The minimum absolute atomic E-state index is 0.00520. The fourth-order valence-electron chi connectivity index (χ4n) is 12.1. The van der Waals surface area contributed by atoms with Crippen LogP contribution in [0, 0.1) is 0 Å². The molecule has 2 unspecified atom stereocenters. The van der Waals surface area contributed by atoms with Gasteiger partial charge >= 0.3 is 5.97 Å². The van der Waals surface area contributed by atoms with Gasteiger partial charge in [0.05, 0.1) is 25.4 Å². The number of unbranched alkanes of at least 4 members (excludes halogenated alkanes) is 55. The highest BCUT2D eigenvalue weighted by Crippen LogP contribution is 2.19. The van der Waals surface area contributed by atoms with Crippen LogP contribution in [0.2, 0.25) is 0 Å². The first-order valence-electron chi connectivity index (χ1n) is 38.2. The van der Waals surface area contributed by atoms with Gasteiger partial charge in [0, 0.05) is 12.8 Å². The Hall–Kier alpha value is -1.92. The summed E-state index contributed by atoms with van der Waals surface area (Å²) >= 11 is 0. The van der Waals surface area contributed by atoms with E-state index in [9.17, 15) is 19.8 Å². The normalized spacial score (nSPS) is 12.7. The number of amides is 1. The minimum Gasteiger partial charge on any atom is -0.466 e. The maximum Gasteiger partial charge on any atom is 0.305 e. The zero-order chi connectivity index (χ0) is 60.6. The summed E-state index contributed by atoms with van der Waals surface area (Å²) in [4.78, 5) is 24.6. The summed E-state index contributed by atoms with van der Waals surface area (Å²) in [5, 5.41) is 23.4. The van der Waals surface area contributed by atoms with Crippen LogP contribution in [0.15, 0.2) is 36.5 Å². The monoisotopic (exact) mass is 1180 g/mol. The van der Waals surface area contributed by atoms with Gasteiger partial charge in [0.15, 0.2) is 0 Å². The molecule has 6 heteroatoms. The molecule has 0 spiro atoms. The molecule has 1 amide bonds. The Bertz CT molecular complexity index is 1360. The lowest BCUT2D eigenvalue weighted by Gasteiger charge is -2.22. The average molecular weight is 1180 g/mol. The number of carbonyl (C=O) groups is 2. The molecule has 2 atom stereocenters. The van der Waals surface area contributed by atoms with E-state index in [1.165, 1.54) is 340 Å². The third kappa shape index (κ3) is 69.2. The Morgan fingerprint density at radius 1 is 0.333 bits per heavy atom. The van der Waals surface area contributed by atoms with Crippen molar-refractivity contribution < 1.29 is 24.5 Å². The van der Waals surface area contributed by atoms with Crippen molar-refractivity contribution in [2.75, 3.05) is 13.2 Å². The molecular formula is C78H149NO5. The molecule has 0 radical (unpaired) electrons. The van der Waals surface area contributed by atoms with Crippen molar-refractivity contribution in [3.63, 3.8) is 0 Å². The first-order chi connectivity index (χ1) is 41.5. The van der Waals surface area contributed by atoms with Crippen LogP contribution in [0.25, 0.3) is 0 Å².